The highest BCUT2D eigenvalue weighted by molar-refractivity contribution is 5.87. The van der Waals surface area contributed by atoms with Crippen molar-refractivity contribution in [3.05, 3.63) is 30.5 Å². The van der Waals surface area contributed by atoms with Crippen LogP contribution in [0.15, 0.2) is 30.5 Å². The Hall–Kier alpha value is -1.77. The SMILES string of the molecule is Nc1ccc2c(OCC3CC3)ccnc2c1. The molecule has 0 unspecified atom stereocenters. The summed E-state index contributed by atoms with van der Waals surface area (Å²) in [5, 5.41) is 1.04. The minimum atomic E-state index is 0.736. The number of anilines is 1. The monoisotopic (exact) mass is 214 g/mol. The van der Waals surface area contributed by atoms with Crippen LogP contribution >= 0.6 is 0 Å². The smallest absolute Gasteiger partial charge is 0.130 e. The molecule has 1 heterocycles. The molecule has 3 rings (SSSR count). The number of nitrogens with zero attached hydrogens (tertiary/aromatic N) is 1. The molecule has 1 aliphatic rings. The molecule has 1 fully saturated rings. The molecule has 1 aromatic carbocycles. The Balaban J connectivity index is 1.95. The van der Waals surface area contributed by atoms with Gasteiger partial charge in [-0.25, -0.2) is 0 Å². The lowest BCUT2D eigenvalue weighted by atomic mass is 10.2. The zero-order valence-corrected chi connectivity index (χ0v) is 9.02. The first-order valence-electron chi connectivity index (χ1n) is 5.60. The van der Waals surface area contributed by atoms with Crippen LogP contribution < -0.4 is 10.5 Å². The van der Waals surface area contributed by atoms with Gasteiger partial charge in [-0.15, -0.1) is 0 Å². The fourth-order valence-electron chi connectivity index (χ4n) is 1.76. The summed E-state index contributed by atoms with van der Waals surface area (Å²) in [5.41, 5.74) is 7.36. The predicted molar refractivity (Wildman–Crippen MR) is 64.4 cm³/mol. The summed E-state index contributed by atoms with van der Waals surface area (Å²) in [6, 6.07) is 7.65. The Morgan fingerprint density at radius 1 is 1.31 bits per heavy atom. The molecule has 2 N–H and O–H groups in total. The Morgan fingerprint density at radius 3 is 3.00 bits per heavy atom. The Labute approximate surface area is 94.2 Å². The molecule has 0 bridgehead atoms. The first-order valence-corrected chi connectivity index (χ1v) is 5.60. The highest BCUT2D eigenvalue weighted by Gasteiger charge is 2.22. The number of rotatable bonds is 3. The van der Waals surface area contributed by atoms with Crippen LogP contribution in [0.4, 0.5) is 5.69 Å². The van der Waals surface area contributed by atoms with Gasteiger partial charge in [0.25, 0.3) is 0 Å². The molecule has 3 nitrogen and oxygen atoms in total. The van der Waals surface area contributed by atoms with Crippen molar-refractivity contribution >= 4 is 16.6 Å². The van der Waals surface area contributed by atoms with Gasteiger partial charge in [-0.3, -0.25) is 4.98 Å². The molecule has 82 valence electrons. The first kappa shape index (κ1) is 9.46. The maximum absolute atomic E-state index is 5.80. The number of aromatic nitrogens is 1. The normalized spacial score (nSPS) is 15.2. The number of ether oxygens (including phenoxy) is 1. The second-order valence-electron chi connectivity index (χ2n) is 4.34. The van der Waals surface area contributed by atoms with Gasteiger partial charge < -0.3 is 10.5 Å². The molecule has 0 spiro atoms. The molecule has 0 atom stereocenters. The van der Waals surface area contributed by atoms with E-state index in [0.29, 0.717) is 0 Å². The molecular formula is C13H14N2O. The van der Waals surface area contributed by atoms with E-state index in [-0.39, 0.29) is 0 Å². The third-order valence-electron chi connectivity index (χ3n) is 2.90. The van der Waals surface area contributed by atoms with E-state index in [1.807, 2.05) is 24.3 Å². The third kappa shape index (κ3) is 1.81. The van der Waals surface area contributed by atoms with Crippen molar-refractivity contribution in [2.75, 3.05) is 12.3 Å². The minimum absolute atomic E-state index is 0.736. The van der Waals surface area contributed by atoms with E-state index in [1.165, 1.54) is 12.8 Å². The second-order valence-corrected chi connectivity index (χ2v) is 4.34. The number of nitrogen functional groups attached to an aromatic ring is 1. The number of pyridine rings is 1. The van der Waals surface area contributed by atoms with Crippen LogP contribution in [0, 0.1) is 5.92 Å². The summed E-state index contributed by atoms with van der Waals surface area (Å²) < 4.78 is 5.80. The quantitative estimate of drug-likeness (QED) is 0.799. The number of hydrogen-bond acceptors (Lipinski definition) is 3. The van der Waals surface area contributed by atoms with Gasteiger partial charge in [-0.2, -0.15) is 0 Å². The summed E-state index contributed by atoms with van der Waals surface area (Å²) in [6.45, 7) is 0.823. The van der Waals surface area contributed by atoms with Crippen LogP contribution in [0.25, 0.3) is 10.9 Å². The van der Waals surface area contributed by atoms with E-state index in [2.05, 4.69) is 4.98 Å². The third-order valence-corrected chi connectivity index (χ3v) is 2.90. The van der Waals surface area contributed by atoms with E-state index < -0.39 is 0 Å². The van der Waals surface area contributed by atoms with Gasteiger partial charge in [0.05, 0.1) is 12.1 Å². The number of hydrogen-bond donors (Lipinski definition) is 1. The molecule has 16 heavy (non-hydrogen) atoms. The van der Waals surface area contributed by atoms with Gasteiger partial charge in [0.1, 0.15) is 5.75 Å². The van der Waals surface area contributed by atoms with Crippen molar-refractivity contribution in [1.82, 2.24) is 4.98 Å². The lowest BCUT2D eigenvalue weighted by molar-refractivity contribution is 0.303. The number of benzene rings is 1. The first-order chi connectivity index (χ1) is 7.83. The Bertz CT molecular complexity index is 520. The van der Waals surface area contributed by atoms with Crippen LogP contribution in [0.5, 0.6) is 5.75 Å². The highest BCUT2D eigenvalue weighted by Crippen LogP contribution is 2.31. The van der Waals surface area contributed by atoms with Crippen molar-refractivity contribution in [2.45, 2.75) is 12.8 Å². The molecule has 0 radical (unpaired) electrons. The van der Waals surface area contributed by atoms with E-state index >= 15 is 0 Å². The average Bonchev–Trinajstić information content (AvgIpc) is 3.09. The van der Waals surface area contributed by atoms with Gasteiger partial charge in [0, 0.05) is 17.3 Å². The van der Waals surface area contributed by atoms with Crippen molar-refractivity contribution in [3.8, 4) is 5.75 Å². The molecule has 0 saturated heterocycles. The number of nitrogens with two attached hydrogens (primary N) is 1. The van der Waals surface area contributed by atoms with Crippen LogP contribution in [-0.4, -0.2) is 11.6 Å². The van der Waals surface area contributed by atoms with E-state index in [1.54, 1.807) is 6.20 Å². The van der Waals surface area contributed by atoms with Crippen LogP contribution in [-0.2, 0) is 0 Å². The standard InChI is InChI=1S/C13H14N2O/c14-10-3-4-11-12(7-10)15-6-5-13(11)16-8-9-1-2-9/h3-7,9H,1-2,8,14H2. The van der Waals surface area contributed by atoms with Crippen molar-refractivity contribution in [3.63, 3.8) is 0 Å². The van der Waals surface area contributed by atoms with Crippen molar-refractivity contribution in [2.24, 2.45) is 5.92 Å². The van der Waals surface area contributed by atoms with E-state index in [9.17, 15) is 0 Å². The van der Waals surface area contributed by atoms with Crippen LogP contribution in [0.2, 0.25) is 0 Å². The topological polar surface area (TPSA) is 48.1 Å². The number of fused-ring (bicyclic) bond motifs is 1. The summed E-state index contributed by atoms with van der Waals surface area (Å²) in [5.74, 6) is 1.67. The van der Waals surface area contributed by atoms with Crippen molar-refractivity contribution in [1.29, 1.82) is 0 Å². The molecule has 0 amide bonds. The Kier molecular flexibility index (Phi) is 2.17. The predicted octanol–water partition coefficient (Wildman–Crippen LogP) is 2.61. The molecule has 1 saturated carbocycles. The summed E-state index contributed by atoms with van der Waals surface area (Å²) in [7, 11) is 0. The van der Waals surface area contributed by atoms with Gasteiger partial charge in [0.2, 0.25) is 0 Å². The van der Waals surface area contributed by atoms with Gasteiger partial charge >= 0.3 is 0 Å². The summed E-state index contributed by atoms with van der Waals surface area (Å²) in [4.78, 5) is 4.29. The molecule has 1 aromatic heterocycles. The fourth-order valence-corrected chi connectivity index (χ4v) is 1.76. The molecule has 3 heteroatoms. The Morgan fingerprint density at radius 2 is 2.19 bits per heavy atom. The second kappa shape index (κ2) is 3.67. The minimum Gasteiger partial charge on any atom is -0.493 e. The maximum Gasteiger partial charge on any atom is 0.130 e. The zero-order valence-electron chi connectivity index (χ0n) is 9.02. The molecular weight excluding hydrogens is 200 g/mol. The van der Waals surface area contributed by atoms with E-state index in [0.717, 1.165) is 34.9 Å². The largest absolute Gasteiger partial charge is 0.493 e. The summed E-state index contributed by atoms with van der Waals surface area (Å²) in [6.07, 6.45) is 4.37. The maximum atomic E-state index is 5.80. The lowest BCUT2D eigenvalue weighted by Crippen LogP contribution is -1.99. The van der Waals surface area contributed by atoms with E-state index in [4.69, 9.17) is 10.5 Å². The molecule has 1 aliphatic carbocycles. The van der Waals surface area contributed by atoms with Crippen LogP contribution in [0.3, 0.4) is 0 Å². The fraction of sp³-hybridized carbons (Fsp3) is 0.308. The van der Waals surface area contributed by atoms with Gasteiger partial charge in [0.15, 0.2) is 0 Å². The zero-order chi connectivity index (χ0) is 11.0. The average molecular weight is 214 g/mol. The lowest BCUT2D eigenvalue weighted by Gasteiger charge is -2.08. The van der Waals surface area contributed by atoms with Gasteiger partial charge in [-0.05, 0) is 43.0 Å². The molecule has 2 aromatic rings. The van der Waals surface area contributed by atoms with Crippen LogP contribution in [0.1, 0.15) is 12.8 Å². The van der Waals surface area contributed by atoms with Crippen molar-refractivity contribution < 1.29 is 4.74 Å². The highest BCUT2D eigenvalue weighted by atomic mass is 16.5. The molecule has 0 aliphatic heterocycles. The van der Waals surface area contributed by atoms with Gasteiger partial charge in [-0.1, -0.05) is 0 Å². The summed E-state index contributed by atoms with van der Waals surface area (Å²) >= 11 is 0.